The van der Waals surface area contributed by atoms with Crippen LogP contribution in [0.5, 0.6) is 0 Å². The molecule has 2 heteroatoms. The van der Waals surface area contributed by atoms with Crippen LogP contribution in [0.4, 0.5) is 0 Å². The van der Waals surface area contributed by atoms with E-state index in [2.05, 4.69) is 6.92 Å². The monoisotopic (exact) mass is 129 g/mol. The molecule has 0 amide bonds. The van der Waals surface area contributed by atoms with Crippen LogP contribution in [-0.4, -0.2) is 17.3 Å². The minimum absolute atomic E-state index is 0.145. The molecule has 9 heavy (non-hydrogen) atoms. The fourth-order valence-electron chi connectivity index (χ4n) is 1.33. The number of nitrogens with two attached hydrogens (primary N) is 1. The third-order valence-corrected chi connectivity index (χ3v) is 2.19. The molecule has 1 aliphatic carbocycles. The van der Waals surface area contributed by atoms with Crippen molar-refractivity contribution >= 4 is 0 Å². The summed E-state index contributed by atoms with van der Waals surface area (Å²) in [5.41, 5.74) is 5.63. The summed E-state index contributed by atoms with van der Waals surface area (Å²) in [4.78, 5) is 0. The average Bonchev–Trinajstić information content (AvgIpc) is 1.80. The molecule has 3 atom stereocenters. The van der Waals surface area contributed by atoms with Gasteiger partial charge in [-0.1, -0.05) is 6.92 Å². The van der Waals surface area contributed by atoms with Crippen LogP contribution in [0.25, 0.3) is 0 Å². The molecule has 2 nitrogen and oxygen atoms in total. The lowest BCUT2D eigenvalue weighted by molar-refractivity contribution is 0.0708. The second kappa shape index (κ2) is 2.67. The Bertz CT molecular complexity index is 94.9. The zero-order chi connectivity index (χ0) is 6.85. The predicted octanol–water partition coefficient (Wildman–Crippen LogP) is 0.495. The maximum absolute atomic E-state index is 9.27. The largest absolute Gasteiger partial charge is 0.393 e. The van der Waals surface area contributed by atoms with E-state index in [4.69, 9.17) is 5.73 Å². The molecule has 0 bridgehead atoms. The molecule has 0 saturated heterocycles. The van der Waals surface area contributed by atoms with E-state index in [1.54, 1.807) is 0 Å². The van der Waals surface area contributed by atoms with Crippen LogP contribution >= 0.6 is 0 Å². The third-order valence-electron chi connectivity index (χ3n) is 2.19. The molecule has 54 valence electrons. The minimum Gasteiger partial charge on any atom is -0.393 e. The molecule has 0 aromatic carbocycles. The summed E-state index contributed by atoms with van der Waals surface area (Å²) in [5.74, 6) is 0.463. The van der Waals surface area contributed by atoms with E-state index in [9.17, 15) is 5.11 Å². The Kier molecular flexibility index (Phi) is 2.09. The van der Waals surface area contributed by atoms with E-state index in [1.807, 2.05) is 0 Å². The highest BCUT2D eigenvalue weighted by Gasteiger charge is 2.22. The Labute approximate surface area is 56.1 Å². The van der Waals surface area contributed by atoms with Crippen molar-refractivity contribution < 1.29 is 5.11 Å². The van der Waals surface area contributed by atoms with Gasteiger partial charge in [0.1, 0.15) is 0 Å². The normalized spacial score (nSPS) is 45.0. The number of hydrogen-bond donors (Lipinski definition) is 2. The summed E-state index contributed by atoms with van der Waals surface area (Å²) < 4.78 is 0. The Morgan fingerprint density at radius 2 is 2.11 bits per heavy atom. The highest BCUT2D eigenvalue weighted by Crippen LogP contribution is 2.22. The second-order valence-corrected chi connectivity index (χ2v) is 3.12. The van der Waals surface area contributed by atoms with Crippen molar-refractivity contribution in [3.63, 3.8) is 0 Å². The van der Waals surface area contributed by atoms with Gasteiger partial charge in [0.15, 0.2) is 0 Å². The van der Waals surface area contributed by atoms with Gasteiger partial charge >= 0.3 is 0 Å². The van der Waals surface area contributed by atoms with Crippen molar-refractivity contribution in [1.82, 2.24) is 0 Å². The molecule has 0 spiro atoms. The summed E-state index contributed by atoms with van der Waals surface area (Å²) in [7, 11) is 0. The number of aliphatic hydroxyl groups is 1. The lowest BCUT2D eigenvalue weighted by Crippen LogP contribution is -2.35. The molecule has 0 radical (unpaired) electrons. The Hall–Kier alpha value is -0.0800. The smallest absolute Gasteiger partial charge is 0.0580 e. The summed E-state index contributed by atoms with van der Waals surface area (Å²) in [5, 5.41) is 9.27. The van der Waals surface area contributed by atoms with E-state index in [0.717, 1.165) is 19.3 Å². The Balaban J connectivity index is 2.35. The fraction of sp³-hybridized carbons (Fsp3) is 1.00. The third kappa shape index (κ3) is 1.66. The molecule has 1 unspecified atom stereocenters. The first-order valence-corrected chi connectivity index (χ1v) is 3.64. The molecule has 0 heterocycles. The molecular formula is C7H15NO. The van der Waals surface area contributed by atoms with Crippen LogP contribution in [0, 0.1) is 5.92 Å². The van der Waals surface area contributed by atoms with Crippen molar-refractivity contribution in [2.45, 2.75) is 38.3 Å². The van der Waals surface area contributed by atoms with Crippen LogP contribution in [0.1, 0.15) is 26.2 Å². The maximum Gasteiger partial charge on any atom is 0.0580 e. The van der Waals surface area contributed by atoms with Crippen LogP contribution in [0.3, 0.4) is 0 Å². The van der Waals surface area contributed by atoms with Crippen molar-refractivity contribution in [2.75, 3.05) is 0 Å². The zero-order valence-electron chi connectivity index (χ0n) is 5.88. The van der Waals surface area contributed by atoms with Gasteiger partial charge in [-0.2, -0.15) is 0 Å². The van der Waals surface area contributed by atoms with Crippen molar-refractivity contribution in [2.24, 2.45) is 11.7 Å². The Morgan fingerprint density at radius 1 is 1.44 bits per heavy atom. The number of hydrogen-bond acceptors (Lipinski definition) is 2. The van der Waals surface area contributed by atoms with Crippen molar-refractivity contribution in [3.05, 3.63) is 0 Å². The van der Waals surface area contributed by atoms with Crippen molar-refractivity contribution in [3.8, 4) is 0 Å². The summed E-state index contributed by atoms with van der Waals surface area (Å²) in [6.45, 7) is 2.08. The zero-order valence-corrected chi connectivity index (χ0v) is 5.88. The Morgan fingerprint density at radius 3 is 2.56 bits per heavy atom. The van der Waals surface area contributed by atoms with Gasteiger partial charge in [-0.25, -0.2) is 0 Å². The van der Waals surface area contributed by atoms with Crippen LogP contribution in [0.15, 0.2) is 0 Å². The van der Waals surface area contributed by atoms with Gasteiger partial charge in [0.05, 0.1) is 6.10 Å². The van der Waals surface area contributed by atoms with Gasteiger partial charge in [0, 0.05) is 6.04 Å². The van der Waals surface area contributed by atoms with Gasteiger partial charge in [-0.15, -0.1) is 0 Å². The first kappa shape index (κ1) is 7.03. The number of rotatable bonds is 0. The highest BCUT2D eigenvalue weighted by molar-refractivity contribution is 4.78. The highest BCUT2D eigenvalue weighted by atomic mass is 16.3. The number of aliphatic hydroxyl groups excluding tert-OH is 1. The molecule has 0 aromatic rings. The standard InChI is InChI=1S/C7H15NO/c1-5-2-3-6(8)4-7(5)9/h5-7,9H,2-4,8H2,1H3/t5?,6-,7-/m0/s1. The molecule has 0 aromatic heterocycles. The van der Waals surface area contributed by atoms with E-state index in [1.165, 1.54) is 0 Å². The lowest BCUT2D eigenvalue weighted by Gasteiger charge is -2.28. The average molecular weight is 129 g/mol. The quantitative estimate of drug-likeness (QED) is 0.500. The van der Waals surface area contributed by atoms with E-state index in [0.29, 0.717) is 5.92 Å². The molecule has 1 fully saturated rings. The van der Waals surface area contributed by atoms with E-state index in [-0.39, 0.29) is 12.1 Å². The summed E-state index contributed by atoms with van der Waals surface area (Å²) >= 11 is 0. The van der Waals surface area contributed by atoms with Gasteiger partial charge < -0.3 is 10.8 Å². The van der Waals surface area contributed by atoms with Gasteiger partial charge in [0.25, 0.3) is 0 Å². The molecule has 0 aliphatic heterocycles. The lowest BCUT2D eigenvalue weighted by atomic mass is 9.85. The van der Waals surface area contributed by atoms with Crippen LogP contribution < -0.4 is 5.73 Å². The van der Waals surface area contributed by atoms with Gasteiger partial charge in [0.2, 0.25) is 0 Å². The molecule has 1 rings (SSSR count). The first-order valence-electron chi connectivity index (χ1n) is 3.64. The van der Waals surface area contributed by atoms with Crippen molar-refractivity contribution in [1.29, 1.82) is 0 Å². The minimum atomic E-state index is -0.145. The predicted molar refractivity (Wildman–Crippen MR) is 37.0 cm³/mol. The van der Waals surface area contributed by atoms with Gasteiger partial charge in [-0.05, 0) is 25.2 Å². The summed E-state index contributed by atoms with van der Waals surface area (Å²) in [6, 6.07) is 0.246. The van der Waals surface area contributed by atoms with E-state index < -0.39 is 0 Å². The second-order valence-electron chi connectivity index (χ2n) is 3.12. The molecular weight excluding hydrogens is 114 g/mol. The first-order chi connectivity index (χ1) is 4.20. The maximum atomic E-state index is 9.27. The molecule has 3 N–H and O–H groups in total. The molecule has 1 saturated carbocycles. The fourth-order valence-corrected chi connectivity index (χ4v) is 1.33. The van der Waals surface area contributed by atoms with Gasteiger partial charge in [-0.3, -0.25) is 0 Å². The van der Waals surface area contributed by atoms with Crippen LogP contribution in [0.2, 0.25) is 0 Å². The SMILES string of the molecule is CC1CC[C@H](N)C[C@@H]1O. The molecule has 1 aliphatic rings. The van der Waals surface area contributed by atoms with Crippen LogP contribution in [-0.2, 0) is 0 Å². The topological polar surface area (TPSA) is 46.2 Å². The van der Waals surface area contributed by atoms with E-state index >= 15 is 0 Å². The summed E-state index contributed by atoms with van der Waals surface area (Å²) in [6.07, 6.45) is 2.82.